The van der Waals surface area contributed by atoms with E-state index in [0.29, 0.717) is 34.3 Å². The molecule has 220 valence electrons. The van der Waals surface area contributed by atoms with Gasteiger partial charge in [0.1, 0.15) is 22.6 Å². The van der Waals surface area contributed by atoms with Gasteiger partial charge in [0.25, 0.3) is 0 Å². The van der Waals surface area contributed by atoms with Crippen LogP contribution in [0.2, 0.25) is 0 Å². The number of rotatable bonds is 10. The summed E-state index contributed by atoms with van der Waals surface area (Å²) in [5.74, 6) is 2.31. The fourth-order valence-electron chi connectivity index (χ4n) is 5.97. The maximum absolute atomic E-state index is 14.5. The molecule has 0 amide bonds. The molecule has 5 heterocycles. The SMILES string of the molecule is CCCCOP(=O)(OCCCC)OB1n2c3c4ccccc4c2/N=C2N=C(/N=c4/c5ccccc5c(n41)=N3)c1ccccc1\2. The van der Waals surface area contributed by atoms with E-state index in [1.54, 1.807) is 0 Å². The van der Waals surface area contributed by atoms with E-state index in [1.807, 2.05) is 81.8 Å². The molecule has 44 heavy (non-hydrogen) atoms. The number of hydrogen-bond donors (Lipinski definition) is 0. The molecule has 0 atom stereocenters. The van der Waals surface area contributed by atoms with Crippen molar-refractivity contribution in [3.63, 3.8) is 0 Å². The van der Waals surface area contributed by atoms with E-state index in [1.165, 1.54) is 0 Å². The van der Waals surface area contributed by atoms with E-state index in [0.717, 1.165) is 58.4 Å². The molecule has 0 fully saturated rings. The predicted molar refractivity (Wildman–Crippen MR) is 172 cm³/mol. The summed E-state index contributed by atoms with van der Waals surface area (Å²) in [7, 11) is -5.10. The first-order valence-electron chi connectivity index (χ1n) is 15.1. The molecule has 5 aromatic rings. The van der Waals surface area contributed by atoms with Crippen molar-refractivity contribution in [1.29, 1.82) is 0 Å². The van der Waals surface area contributed by atoms with Crippen molar-refractivity contribution in [1.82, 2.24) is 8.96 Å². The second-order valence-electron chi connectivity index (χ2n) is 11.0. The van der Waals surface area contributed by atoms with Crippen LogP contribution in [0.4, 0.5) is 11.6 Å². The Labute approximate surface area is 254 Å². The van der Waals surface area contributed by atoms with Crippen LogP contribution in [0.5, 0.6) is 0 Å². The van der Waals surface area contributed by atoms with Crippen LogP contribution < -0.4 is 11.0 Å². The molecular weight excluding hydrogens is 574 g/mol. The molecule has 0 radical (unpaired) electrons. The summed E-state index contributed by atoms with van der Waals surface area (Å²) in [6.07, 6.45) is 3.20. The number of unbranched alkanes of at least 4 members (excludes halogenated alkanes) is 2. The third-order valence-corrected chi connectivity index (χ3v) is 9.59. The summed E-state index contributed by atoms with van der Waals surface area (Å²) >= 11 is 0. The van der Waals surface area contributed by atoms with Gasteiger partial charge in [-0.1, -0.05) is 99.5 Å². The first kappa shape index (κ1) is 27.4. The second kappa shape index (κ2) is 10.8. The quantitative estimate of drug-likeness (QED) is 0.104. The summed E-state index contributed by atoms with van der Waals surface area (Å²) in [6, 6.07) is 23.9. The normalized spacial score (nSPS) is 16.7. The number of benzene rings is 3. The van der Waals surface area contributed by atoms with E-state index < -0.39 is 15.0 Å². The fraction of sp³-hybridized carbons (Fsp3) is 0.250. The lowest BCUT2D eigenvalue weighted by atomic mass is 10.00. The molecule has 3 aromatic carbocycles. The highest BCUT2D eigenvalue weighted by atomic mass is 31.2. The molecular formula is C32H30BN6O4P. The smallest absolute Gasteiger partial charge is 0.307 e. The number of nitrogens with zero attached hydrogens (tertiary/aromatic N) is 6. The summed E-state index contributed by atoms with van der Waals surface area (Å²) in [5, 5.41) is 3.52. The van der Waals surface area contributed by atoms with Crippen LogP contribution >= 0.6 is 7.82 Å². The molecule has 0 unspecified atom stereocenters. The number of amidine groups is 2. The van der Waals surface area contributed by atoms with Gasteiger partial charge in [-0.2, -0.15) is 0 Å². The monoisotopic (exact) mass is 604 g/mol. The molecule has 0 N–H and O–H groups in total. The summed E-state index contributed by atoms with van der Waals surface area (Å²) in [5.41, 5.74) is 3.00. The van der Waals surface area contributed by atoms with E-state index in [-0.39, 0.29) is 13.2 Å². The molecule has 0 saturated carbocycles. The van der Waals surface area contributed by atoms with E-state index in [2.05, 4.69) is 13.8 Å². The van der Waals surface area contributed by atoms with Gasteiger partial charge < -0.3 is 13.4 Å². The van der Waals surface area contributed by atoms with Gasteiger partial charge in [0.2, 0.25) is 0 Å². The molecule has 12 heteroatoms. The Kier molecular flexibility index (Phi) is 6.72. The van der Waals surface area contributed by atoms with Gasteiger partial charge in [-0.05, 0) is 12.8 Å². The maximum Gasteiger partial charge on any atom is 0.571 e. The predicted octanol–water partition coefficient (Wildman–Crippen LogP) is 6.47. The highest BCUT2D eigenvalue weighted by molar-refractivity contribution is 7.49. The number of fused-ring (bicyclic) bond motifs is 10. The first-order chi connectivity index (χ1) is 21.6. The summed E-state index contributed by atoms with van der Waals surface area (Å²) < 4.78 is 36.7. The summed E-state index contributed by atoms with van der Waals surface area (Å²) in [6.45, 7) is 4.60. The molecule has 0 spiro atoms. The number of phosphoric acid groups is 1. The maximum atomic E-state index is 14.5. The van der Waals surface area contributed by atoms with E-state index in [9.17, 15) is 4.57 Å². The van der Waals surface area contributed by atoms with Gasteiger partial charge in [0, 0.05) is 32.7 Å². The van der Waals surface area contributed by atoms with Crippen molar-refractivity contribution in [2.75, 3.05) is 13.2 Å². The van der Waals surface area contributed by atoms with Crippen molar-refractivity contribution in [2.24, 2.45) is 20.0 Å². The van der Waals surface area contributed by atoms with Crippen LogP contribution in [0.15, 0.2) is 92.8 Å². The Morgan fingerprint density at radius 2 is 1.14 bits per heavy atom. The lowest BCUT2D eigenvalue weighted by Gasteiger charge is -2.26. The van der Waals surface area contributed by atoms with Crippen LogP contribution in [0, 0.1) is 0 Å². The zero-order valence-electron chi connectivity index (χ0n) is 24.5. The number of aromatic nitrogens is 2. The lowest BCUT2D eigenvalue weighted by molar-refractivity contribution is 0.150. The van der Waals surface area contributed by atoms with Crippen molar-refractivity contribution >= 4 is 59.9 Å². The van der Waals surface area contributed by atoms with Crippen molar-refractivity contribution in [3.8, 4) is 0 Å². The zero-order valence-corrected chi connectivity index (χ0v) is 25.4. The van der Waals surface area contributed by atoms with Crippen LogP contribution in [0.3, 0.4) is 0 Å². The van der Waals surface area contributed by atoms with Crippen molar-refractivity contribution in [2.45, 2.75) is 39.5 Å². The molecule has 3 aliphatic rings. The Balaban J connectivity index is 1.47. The fourth-order valence-corrected chi connectivity index (χ4v) is 7.29. The minimum atomic E-state index is -4.07. The van der Waals surface area contributed by atoms with Crippen LogP contribution in [-0.4, -0.2) is 41.0 Å². The first-order valence-corrected chi connectivity index (χ1v) is 16.6. The minimum absolute atomic E-state index is 0.247. The largest absolute Gasteiger partial charge is 0.571 e. The van der Waals surface area contributed by atoms with Crippen LogP contribution in [-0.2, 0) is 18.1 Å². The summed E-state index contributed by atoms with van der Waals surface area (Å²) in [4.78, 5) is 20.4. The molecule has 2 aromatic heterocycles. The van der Waals surface area contributed by atoms with Gasteiger partial charge in [0.15, 0.2) is 11.7 Å². The van der Waals surface area contributed by atoms with Crippen LogP contribution in [0.1, 0.15) is 50.7 Å². The average molecular weight is 604 g/mol. The average Bonchev–Trinajstić information content (AvgIpc) is 3.67. The van der Waals surface area contributed by atoms with E-state index >= 15 is 0 Å². The van der Waals surface area contributed by atoms with Gasteiger partial charge in [-0.25, -0.2) is 24.5 Å². The molecule has 0 saturated heterocycles. The zero-order chi connectivity index (χ0) is 29.8. The Morgan fingerprint density at radius 1 is 0.636 bits per heavy atom. The van der Waals surface area contributed by atoms with E-state index in [4.69, 9.17) is 33.5 Å². The highest BCUT2D eigenvalue weighted by Gasteiger charge is 2.44. The highest BCUT2D eigenvalue weighted by Crippen LogP contribution is 2.52. The number of hydrogen-bond acceptors (Lipinski definition) is 8. The van der Waals surface area contributed by atoms with Crippen molar-refractivity contribution < 1.29 is 18.1 Å². The van der Waals surface area contributed by atoms with Gasteiger partial charge in [-0.3, -0.25) is 9.05 Å². The van der Waals surface area contributed by atoms with Gasteiger partial charge in [-0.15, -0.1) is 0 Å². The van der Waals surface area contributed by atoms with Crippen molar-refractivity contribution in [3.05, 3.63) is 94.9 Å². The standard InChI is InChI=1S/C32H30BN6O4P/c1-3-5-19-41-44(40,42-20-6-4-2)43-33-38-29-23-15-9-11-17-25(23)31(38)37-32-26-18-12-10-16-24(26)30(39(32)33)36-28-22-14-8-7-13-21(22)27(34-28)35-29/h7-18H,3-6,19-20H2,1-2H3/b35-27-,35-29?,36-28?,36-30-. The minimum Gasteiger partial charge on any atom is -0.307 e. The Bertz CT molecular complexity index is 2190. The molecule has 3 aliphatic heterocycles. The lowest BCUT2D eigenvalue weighted by Crippen LogP contribution is -2.50. The second-order valence-corrected chi connectivity index (χ2v) is 12.6. The van der Waals surface area contributed by atoms with Crippen LogP contribution in [0.25, 0.3) is 21.5 Å². The molecule has 8 rings (SSSR count). The Hall–Kier alpha value is -4.15. The molecule has 10 nitrogen and oxygen atoms in total. The third kappa shape index (κ3) is 4.26. The molecule has 0 aliphatic carbocycles. The van der Waals surface area contributed by atoms with Gasteiger partial charge >= 0.3 is 15.0 Å². The Morgan fingerprint density at radius 3 is 1.73 bits per heavy atom. The topological polar surface area (TPSA) is 104 Å². The third-order valence-electron chi connectivity index (χ3n) is 8.15. The van der Waals surface area contributed by atoms with Gasteiger partial charge in [0.05, 0.1) is 13.2 Å². The molecule has 4 bridgehead atoms. The number of phosphoric ester groups is 1. The number of aliphatic imine (C=N–C) groups is 2.